The number of nitrogens with one attached hydrogen (secondary N) is 1. The highest BCUT2D eigenvalue weighted by atomic mass is 35.5. The molecule has 0 aromatic carbocycles. The van der Waals surface area contributed by atoms with Crippen LogP contribution in [0.1, 0.15) is 0 Å². The molecule has 0 fully saturated rings. The molecule has 0 radical (unpaired) electrons. The molecule has 1 nitrogen and oxygen atoms in total. The summed E-state index contributed by atoms with van der Waals surface area (Å²) in [4.78, 5) is 0. The molecule has 0 aliphatic carbocycles. The van der Waals surface area contributed by atoms with Crippen LogP contribution in [0, 0.1) is 0 Å². The first-order chi connectivity index (χ1) is 3.39. The third-order valence-electron chi connectivity index (χ3n) is 0.619. The molecule has 1 heterocycles. The van der Waals surface area contributed by atoms with Crippen molar-refractivity contribution in [1.29, 1.82) is 0 Å². The van der Waals surface area contributed by atoms with Crippen LogP contribution in [0.15, 0.2) is 29.2 Å². The van der Waals surface area contributed by atoms with Gasteiger partial charge in [-0.3, -0.25) is 0 Å². The van der Waals surface area contributed by atoms with Crippen LogP contribution in [0.2, 0.25) is 0 Å². The first-order valence-corrected chi connectivity index (χ1v) is 2.30. The van der Waals surface area contributed by atoms with E-state index in [-0.39, 0.29) is 0 Å². The zero-order valence-electron chi connectivity index (χ0n) is 3.61. The summed E-state index contributed by atoms with van der Waals surface area (Å²) in [5.41, 5.74) is 2.74. The Balaban J connectivity index is 2.89. The van der Waals surface area contributed by atoms with Gasteiger partial charge in [-0.05, 0) is 6.08 Å². The molecule has 0 saturated carbocycles. The second kappa shape index (κ2) is 1.87. The minimum Gasteiger partial charge on any atom is -0.361 e. The van der Waals surface area contributed by atoms with Crippen molar-refractivity contribution in [2.45, 2.75) is 0 Å². The summed E-state index contributed by atoms with van der Waals surface area (Å²) in [5.74, 6) is 0. The monoisotopic (exact) mass is 113 g/mol. The molecule has 36 valence electrons. The minimum atomic E-state index is 0.638. The largest absolute Gasteiger partial charge is 0.361 e. The van der Waals surface area contributed by atoms with Crippen molar-refractivity contribution < 1.29 is 0 Å². The van der Waals surface area contributed by atoms with E-state index < -0.39 is 0 Å². The lowest BCUT2D eigenvalue weighted by molar-refractivity contribution is 1.18. The average Bonchev–Trinajstić information content (AvgIpc) is 1.69. The summed E-state index contributed by atoms with van der Waals surface area (Å²) in [5, 5.41) is 3.43. The second-order valence-corrected chi connectivity index (χ2v) is 1.54. The lowest BCUT2D eigenvalue weighted by Gasteiger charge is -1.89. The molecule has 0 atom stereocenters. The molecule has 1 N–H and O–H groups in total. The Hall–Kier alpha value is -0.650. The Labute approximate surface area is 47.0 Å². The highest BCUT2D eigenvalue weighted by Gasteiger charge is 1.81. The number of allylic oxidation sites excluding steroid dienone is 2. The van der Waals surface area contributed by atoms with Crippen molar-refractivity contribution in [3.8, 4) is 0 Å². The van der Waals surface area contributed by atoms with Gasteiger partial charge in [0, 0.05) is 12.4 Å². The standard InChI is InChI=1S/C5H4ClN/c6-5-1-3-7-4-2-5/h1,3-4,7H. The molecule has 0 unspecified atom stereocenters. The molecule has 1 aliphatic rings. The summed E-state index contributed by atoms with van der Waals surface area (Å²) < 4.78 is 0. The van der Waals surface area contributed by atoms with Crippen LogP contribution in [0.4, 0.5) is 0 Å². The second-order valence-electron chi connectivity index (χ2n) is 1.14. The summed E-state index contributed by atoms with van der Waals surface area (Å²) in [7, 11) is 0. The Morgan fingerprint density at radius 2 is 2.57 bits per heavy atom. The molecule has 1 aliphatic heterocycles. The summed E-state index contributed by atoms with van der Waals surface area (Å²) >= 11 is 5.46. The topological polar surface area (TPSA) is 12.0 Å². The van der Waals surface area contributed by atoms with Crippen LogP contribution >= 0.6 is 11.6 Å². The number of hydrogen-bond donors (Lipinski definition) is 1. The van der Waals surface area contributed by atoms with Gasteiger partial charge in [-0.1, -0.05) is 17.3 Å². The first kappa shape index (κ1) is 4.51. The fraction of sp³-hybridized carbons (Fsp3) is 0. The summed E-state index contributed by atoms with van der Waals surface area (Å²) in [6, 6.07) is 0. The van der Waals surface area contributed by atoms with E-state index in [1.807, 2.05) is 0 Å². The molecular weight excluding hydrogens is 110 g/mol. The van der Waals surface area contributed by atoms with E-state index in [0.717, 1.165) is 0 Å². The van der Waals surface area contributed by atoms with Gasteiger partial charge in [0.25, 0.3) is 0 Å². The number of hydrogen-bond acceptors (Lipinski definition) is 1. The number of halogens is 1. The van der Waals surface area contributed by atoms with Gasteiger partial charge < -0.3 is 5.32 Å². The van der Waals surface area contributed by atoms with Gasteiger partial charge in [-0.2, -0.15) is 0 Å². The van der Waals surface area contributed by atoms with Crippen LogP contribution in [0.5, 0.6) is 0 Å². The summed E-state index contributed by atoms with van der Waals surface area (Å²) in [6.45, 7) is 0. The summed E-state index contributed by atoms with van der Waals surface area (Å²) in [6.07, 6.45) is 5.14. The SMILES string of the molecule is ClC1=C=CNC=C1. The molecule has 0 aromatic rings. The van der Waals surface area contributed by atoms with Crippen molar-refractivity contribution in [3.05, 3.63) is 29.2 Å². The van der Waals surface area contributed by atoms with Gasteiger partial charge >= 0.3 is 0 Å². The van der Waals surface area contributed by atoms with Gasteiger partial charge in [0.1, 0.15) is 0 Å². The molecule has 0 aromatic heterocycles. The predicted molar refractivity (Wildman–Crippen MR) is 29.7 cm³/mol. The van der Waals surface area contributed by atoms with Crippen molar-refractivity contribution >= 4 is 11.6 Å². The Morgan fingerprint density at radius 1 is 1.71 bits per heavy atom. The Morgan fingerprint density at radius 3 is 2.86 bits per heavy atom. The van der Waals surface area contributed by atoms with E-state index in [4.69, 9.17) is 11.6 Å². The molecule has 2 heteroatoms. The van der Waals surface area contributed by atoms with E-state index in [1.165, 1.54) is 0 Å². The molecule has 0 saturated heterocycles. The maximum Gasteiger partial charge on any atom is 0.0853 e. The molecule has 0 bridgehead atoms. The molecule has 7 heavy (non-hydrogen) atoms. The first-order valence-electron chi connectivity index (χ1n) is 1.93. The third kappa shape index (κ3) is 1.11. The maximum absolute atomic E-state index is 5.46. The molecule has 0 amide bonds. The third-order valence-corrected chi connectivity index (χ3v) is 0.854. The smallest absolute Gasteiger partial charge is 0.0853 e. The van der Waals surface area contributed by atoms with E-state index in [1.54, 1.807) is 18.5 Å². The molecular formula is C5H4ClN. The van der Waals surface area contributed by atoms with Crippen molar-refractivity contribution in [2.75, 3.05) is 0 Å². The normalized spacial score (nSPS) is 15.9. The minimum absolute atomic E-state index is 0.638. The Bertz CT molecular complexity index is 151. The quantitative estimate of drug-likeness (QED) is 0.468. The predicted octanol–water partition coefficient (Wildman–Crippen LogP) is 1.34. The zero-order chi connectivity index (χ0) is 5.11. The van der Waals surface area contributed by atoms with Crippen LogP contribution in [-0.4, -0.2) is 0 Å². The molecule has 0 spiro atoms. The highest BCUT2D eigenvalue weighted by Crippen LogP contribution is 2.00. The Kier molecular flexibility index (Phi) is 1.21. The van der Waals surface area contributed by atoms with E-state index >= 15 is 0 Å². The zero-order valence-corrected chi connectivity index (χ0v) is 4.37. The van der Waals surface area contributed by atoms with Gasteiger partial charge in [-0.25, -0.2) is 0 Å². The maximum atomic E-state index is 5.46. The van der Waals surface area contributed by atoms with Gasteiger partial charge in [0.05, 0.1) is 5.03 Å². The lowest BCUT2D eigenvalue weighted by Crippen LogP contribution is -1.92. The molecule has 1 rings (SSSR count). The lowest BCUT2D eigenvalue weighted by atomic mass is 10.5. The van der Waals surface area contributed by atoms with Crippen LogP contribution in [-0.2, 0) is 0 Å². The van der Waals surface area contributed by atoms with Crippen LogP contribution in [0.3, 0.4) is 0 Å². The van der Waals surface area contributed by atoms with E-state index in [2.05, 4.69) is 11.0 Å². The highest BCUT2D eigenvalue weighted by molar-refractivity contribution is 6.31. The average molecular weight is 114 g/mol. The van der Waals surface area contributed by atoms with Gasteiger partial charge in [-0.15, -0.1) is 0 Å². The van der Waals surface area contributed by atoms with Gasteiger partial charge in [0.15, 0.2) is 0 Å². The fourth-order valence-corrected chi connectivity index (χ4v) is 0.446. The van der Waals surface area contributed by atoms with Gasteiger partial charge in [0.2, 0.25) is 0 Å². The van der Waals surface area contributed by atoms with Crippen LogP contribution < -0.4 is 5.32 Å². The van der Waals surface area contributed by atoms with Crippen LogP contribution in [0.25, 0.3) is 0 Å². The van der Waals surface area contributed by atoms with Crippen molar-refractivity contribution in [3.63, 3.8) is 0 Å². The van der Waals surface area contributed by atoms with Crippen molar-refractivity contribution in [2.24, 2.45) is 0 Å². The fourth-order valence-electron chi connectivity index (χ4n) is 0.328. The van der Waals surface area contributed by atoms with E-state index in [0.29, 0.717) is 5.03 Å². The number of rotatable bonds is 0. The van der Waals surface area contributed by atoms with E-state index in [9.17, 15) is 0 Å². The van der Waals surface area contributed by atoms with Crippen molar-refractivity contribution in [1.82, 2.24) is 5.32 Å².